The van der Waals surface area contributed by atoms with E-state index in [2.05, 4.69) is 20.9 Å². The van der Waals surface area contributed by atoms with E-state index in [1.807, 2.05) is 36.4 Å². The Morgan fingerprint density at radius 2 is 1.64 bits per heavy atom. The summed E-state index contributed by atoms with van der Waals surface area (Å²) in [4.78, 5) is 34.5. The Bertz CT molecular complexity index is 1430. The first kappa shape index (κ1) is 21.2. The zero-order valence-corrected chi connectivity index (χ0v) is 18.9. The maximum absolute atomic E-state index is 14.1. The number of carbonyl (C=O) groups is 1. The van der Waals surface area contributed by atoms with Gasteiger partial charge in [-0.15, -0.1) is 0 Å². The van der Waals surface area contributed by atoms with Gasteiger partial charge < -0.3 is 4.98 Å². The van der Waals surface area contributed by atoms with Gasteiger partial charge in [0.25, 0.3) is 5.56 Å². The van der Waals surface area contributed by atoms with Crippen molar-refractivity contribution in [3.05, 3.63) is 134 Å². The molecule has 162 valence electrons. The highest BCUT2D eigenvalue weighted by Gasteiger charge is 2.41. The molecule has 0 bridgehead atoms. The number of pyridine rings is 1. The van der Waals surface area contributed by atoms with Gasteiger partial charge in [0, 0.05) is 17.7 Å². The van der Waals surface area contributed by atoms with E-state index in [1.165, 1.54) is 6.07 Å². The molecule has 4 aromatic rings. The molecule has 0 fully saturated rings. The molecule has 33 heavy (non-hydrogen) atoms. The van der Waals surface area contributed by atoms with Crippen LogP contribution in [-0.2, 0) is 0 Å². The second-order valence-electron chi connectivity index (χ2n) is 7.83. The molecule has 1 N–H and O–H groups in total. The highest BCUT2D eigenvalue weighted by molar-refractivity contribution is 9.10. The Labute approximate surface area is 198 Å². The van der Waals surface area contributed by atoms with Gasteiger partial charge in [0.1, 0.15) is 5.82 Å². The number of rotatable bonds is 4. The predicted molar refractivity (Wildman–Crippen MR) is 130 cm³/mol. The van der Waals surface area contributed by atoms with E-state index in [-0.39, 0.29) is 15.8 Å². The van der Waals surface area contributed by atoms with Crippen LogP contribution in [0, 0.1) is 11.7 Å². The summed E-state index contributed by atoms with van der Waals surface area (Å²) in [6, 6.07) is 24.8. The average molecular weight is 501 g/mol. The number of Topliss-reactive ketones (excluding diaryl/α,β-unsaturated/α-hetero) is 1. The van der Waals surface area contributed by atoms with Gasteiger partial charge in [-0.25, -0.2) is 4.39 Å². The largest absolute Gasteiger partial charge is 0.329 e. The molecular weight excluding hydrogens is 483 g/mol. The number of benzene rings is 3. The number of hydrogen-bond donors (Lipinski definition) is 1. The molecule has 0 aliphatic carbocycles. The second-order valence-corrected chi connectivity index (χ2v) is 8.68. The lowest BCUT2D eigenvalue weighted by atomic mass is 9.71. The first-order valence-electron chi connectivity index (χ1n) is 10.4. The van der Waals surface area contributed by atoms with E-state index in [0.29, 0.717) is 28.1 Å². The molecule has 0 saturated carbocycles. The van der Waals surface area contributed by atoms with Crippen molar-refractivity contribution in [2.45, 2.75) is 5.92 Å². The van der Waals surface area contributed by atoms with Crippen molar-refractivity contribution in [2.24, 2.45) is 10.9 Å². The smallest absolute Gasteiger partial charge is 0.253 e. The fourth-order valence-electron chi connectivity index (χ4n) is 4.38. The van der Waals surface area contributed by atoms with Gasteiger partial charge in [-0.05, 0) is 45.3 Å². The van der Waals surface area contributed by atoms with Crippen LogP contribution in [0.15, 0.2) is 105 Å². The Hall–Kier alpha value is -3.64. The minimum absolute atomic E-state index is 0.155. The lowest BCUT2D eigenvalue weighted by Gasteiger charge is -2.32. The number of ketones is 1. The number of aromatic nitrogens is 1. The van der Waals surface area contributed by atoms with Crippen LogP contribution in [-0.4, -0.2) is 16.5 Å². The van der Waals surface area contributed by atoms with E-state index in [4.69, 9.17) is 4.99 Å². The molecule has 4 nitrogen and oxygen atoms in total. The predicted octanol–water partition coefficient (Wildman–Crippen LogP) is 6.04. The van der Waals surface area contributed by atoms with Crippen LogP contribution in [0.2, 0.25) is 0 Å². The highest BCUT2D eigenvalue weighted by Crippen LogP contribution is 2.43. The molecule has 1 aromatic heterocycles. The molecule has 2 atom stereocenters. The summed E-state index contributed by atoms with van der Waals surface area (Å²) in [7, 11) is 0. The summed E-state index contributed by atoms with van der Waals surface area (Å²) in [5.41, 5.74) is 3.12. The third-order valence-electron chi connectivity index (χ3n) is 5.87. The Morgan fingerprint density at radius 1 is 0.939 bits per heavy atom. The Balaban J connectivity index is 1.81. The normalized spacial score (nSPS) is 17.2. The van der Waals surface area contributed by atoms with Gasteiger partial charge in [0.15, 0.2) is 5.78 Å². The van der Waals surface area contributed by atoms with Gasteiger partial charge in [-0.2, -0.15) is 0 Å². The molecule has 1 aliphatic rings. The first-order chi connectivity index (χ1) is 16.0. The number of carbonyl (C=O) groups excluding carboxylic acids is 1. The van der Waals surface area contributed by atoms with Crippen molar-refractivity contribution >= 4 is 33.1 Å². The molecule has 0 saturated heterocycles. The van der Waals surface area contributed by atoms with Crippen molar-refractivity contribution in [1.29, 1.82) is 0 Å². The monoisotopic (exact) mass is 500 g/mol. The van der Waals surface area contributed by atoms with Gasteiger partial charge in [-0.3, -0.25) is 14.6 Å². The van der Waals surface area contributed by atoms with Crippen molar-refractivity contribution < 1.29 is 9.18 Å². The molecule has 3 aromatic carbocycles. The van der Waals surface area contributed by atoms with Crippen molar-refractivity contribution in [2.75, 3.05) is 0 Å². The van der Waals surface area contributed by atoms with E-state index < -0.39 is 17.7 Å². The van der Waals surface area contributed by atoms with E-state index >= 15 is 0 Å². The Morgan fingerprint density at radius 3 is 2.33 bits per heavy atom. The number of nitrogens with one attached hydrogen (secondary N) is 1. The molecule has 0 amide bonds. The van der Waals surface area contributed by atoms with Crippen LogP contribution >= 0.6 is 15.9 Å². The molecular formula is C27H18BrFN2O2. The standard InChI is InChI=1S/C27H18BrFN2O2/c28-19-15-18(11-12-20(19)29)22-23-21(13-14-30-27(23)33)31-25(16-7-3-1-4-8-16)24(22)26(32)17-9-5-2-6-10-17/h1-15,22,24H,(H,30,33). The third-order valence-corrected chi connectivity index (χ3v) is 6.48. The zero-order valence-electron chi connectivity index (χ0n) is 17.3. The van der Waals surface area contributed by atoms with Crippen LogP contribution in [0.4, 0.5) is 10.1 Å². The zero-order chi connectivity index (χ0) is 22.9. The van der Waals surface area contributed by atoms with Crippen molar-refractivity contribution in [1.82, 2.24) is 4.98 Å². The maximum atomic E-state index is 14.1. The number of aliphatic imine (C=N–C) groups is 1. The fourth-order valence-corrected chi connectivity index (χ4v) is 4.77. The average Bonchev–Trinajstić information content (AvgIpc) is 2.85. The van der Waals surface area contributed by atoms with Gasteiger partial charge in [0.05, 0.1) is 27.4 Å². The van der Waals surface area contributed by atoms with Gasteiger partial charge >= 0.3 is 0 Å². The SMILES string of the molecule is O=C(c1ccccc1)C1C(c2ccccc2)=Nc2cc[nH]c(=O)c2C1c1ccc(F)c(Br)c1. The van der Waals surface area contributed by atoms with Crippen LogP contribution in [0.1, 0.15) is 33.0 Å². The molecule has 0 spiro atoms. The molecule has 1 aliphatic heterocycles. The summed E-state index contributed by atoms with van der Waals surface area (Å²) in [5, 5.41) is 0. The minimum Gasteiger partial charge on any atom is -0.329 e. The lowest BCUT2D eigenvalue weighted by Crippen LogP contribution is -2.37. The lowest BCUT2D eigenvalue weighted by molar-refractivity contribution is 0.0945. The van der Waals surface area contributed by atoms with Crippen LogP contribution in [0.5, 0.6) is 0 Å². The van der Waals surface area contributed by atoms with Crippen LogP contribution in [0.3, 0.4) is 0 Å². The van der Waals surface area contributed by atoms with Gasteiger partial charge in [-0.1, -0.05) is 66.7 Å². The quantitative estimate of drug-likeness (QED) is 0.347. The summed E-state index contributed by atoms with van der Waals surface area (Å²) < 4.78 is 14.4. The highest BCUT2D eigenvalue weighted by atomic mass is 79.9. The summed E-state index contributed by atoms with van der Waals surface area (Å²) in [6.07, 6.45) is 1.55. The second kappa shape index (κ2) is 8.71. The fraction of sp³-hybridized carbons (Fsp3) is 0.0741. The van der Waals surface area contributed by atoms with E-state index in [9.17, 15) is 14.0 Å². The molecule has 5 rings (SSSR count). The first-order valence-corrected chi connectivity index (χ1v) is 11.2. The van der Waals surface area contributed by atoms with Crippen molar-refractivity contribution in [3.63, 3.8) is 0 Å². The molecule has 2 heterocycles. The number of fused-ring (bicyclic) bond motifs is 1. The van der Waals surface area contributed by atoms with Crippen LogP contribution < -0.4 is 5.56 Å². The number of H-pyrrole nitrogens is 1. The molecule has 0 radical (unpaired) electrons. The van der Waals surface area contributed by atoms with Gasteiger partial charge in [0.2, 0.25) is 0 Å². The summed E-state index contributed by atoms with van der Waals surface area (Å²) >= 11 is 3.26. The number of aromatic amines is 1. The number of halogens is 2. The van der Waals surface area contributed by atoms with Crippen molar-refractivity contribution in [3.8, 4) is 0 Å². The minimum atomic E-state index is -0.775. The number of nitrogens with zero attached hydrogens (tertiary/aromatic N) is 1. The third kappa shape index (κ3) is 3.87. The van der Waals surface area contributed by atoms with E-state index in [0.717, 1.165) is 5.56 Å². The summed E-state index contributed by atoms with van der Waals surface area (Å²) in [6.45, 7) is 0. The van der Waals surface area contributed by atoms with Crippen LogP contribution in [0.25, 0.3) is 0 Å². The summed E-state index contributed by atoms with van der Waals surface area (Å²) in [5.74, 6) is -2.00. The maximum Gasteiger partial charge on any atom is 0.253 e. The number of hydrogen-bond acceptors (Lipinski definition) is 3. The topological polar surface area (TPSA) is 62.3 Å². The van der Waals surface area contributed by atoms with E-state index in [1.54, 1.807) is 48.7 Å². The molecule has 2 unspecified atom stereocenters. The Kier molecular flexibility index (Phi) is 5.60. The molecule has 6 heteroatoms.